The van der Waals surface area contributed by atoms with Crippen molar-refractivity contribution in [3.63, 3.8) is 0 Å². The number of hydrogen-bond donors (Lipinski definition) is 2. The van der Waals surface area contributed by atoms with Crippen LogP contribution in [-0.4, -0.2) is 25.2 Å². The highest BCUT2D eigenvalue weighted by molar-refractivity contribution is 5.46. The molecule has 102 valence electrons. The third-order valence-electron chi connectivity index (χ3n) is 3.07. The smallest absolute Gasteiger partial charge is 0.128 e. The molecule has 18 heavy (non-hydrogen) atoms. The van der Waals surface area contributed by atoms with Crippen LogP contribution in [0.15, 0.2) is 12.3 Å². The van der Waals surface area contributed by atoms with Gasteiger partial charge in [0.2, 0.25) is 0 Å². The first-order chi connectivity index (χ1) is 8.70. The molecule has 4 heteroatoms. The van der Waals surface area contributed by atoms with Crippen molar-refractivity contribution in [3.05, 3.63) is 23.4 Å². The Balaban J connectivity index is 2.79. The molecule has 0 aliphatic carbocycles. The minimum atomic E-state index is 0.272. The van der Waals surface area contributed by atoms with Crippen molar-refractivity contribution in [2.45, 2.75) is 39.2 Å². The molecule has 1 unspecified atom stereocenters. The Morgan fingerprint density at radius 2 is 2.28 bits per heavy atom. The number of ether oxygens (including phenoxy) is 1. The van der Waals surface area contributed by atoms with Gasteiger partial charge < -0.3 is 15.8 Å². The predicted molar refractivity (Wildman–Crippen MR) is 75.5 cm³/mol. The summed E-state index contributed by atoms with van der Waals surface area (Å²) in [7, 11) is 1.73. The summed E-state index contributed by atoms with van der Waals surface area (Å²) in [4.78, 5) is 4.20. The Bertz CT molecular complexity index is 335. The maximum absolute atomic E-state index is 6.02. The fourth-order valence-corrected chi connectivity index (χ4v) is 2.14. The number of rotatable bonds is 8. The van der Waals surface area contributed by atoms with Gasteiger partial charge in [0.1, 0.15) is 5.82 Å². The zero-order valence-electron chi connectivity index (χ0n) is 11.7. The Kier molecular flexibility index (Phi) is 6.68. The first-order valence-corrected chi connectivity index (χ1v) is 6.64. The molecule has 0 spiro atoms. The van der Waals surface area contributed by atoms with Crippen molar-refractivity contribution >= 4 is 5.82 Å². The van der Waals surface area contributed by atoms with Crippen LogP contribution in [-0.2, 0) is 4.74 Å². The summed E-state index contributed by atoms with van der Waals surface area (Å²) < 4.78 is 5.12. The van der Waals surface area contributed by atoms with E-state index in [0.717, 1.165) is 38.0 Å². The molecular formula is C14H25N3O. The average molecular weight is 251 g/mol. The molecule has 1 heterocycles. The molecule has 3 N–H and O–H groups in total. The summed E-state index contributed by atoms with van der Waals surface area (Å²) >= 11 is 0. The Morgan fingerprint density at radius 3 is 2.89 bits per heavy atom. The van der Waals surface area contributed by atoms with Crippen LogP contribution in [0.2, 0.25) is 0 Å². The van der Waals surface area contributed by atoms with Crippen LogP contribution in [0.5, 0.6) is 0 Å². The van der Waals surface area contributed by atoms with Crippen molar-refractivity contribution in [2.75, 3.05) is 26.0 Å². The fraction of sp³-hybridized carbons (Fsp3) is 0.643. The van der Waals surface area contributed by atoms with Crippen LogP contribution in [0.25, 0.3) is 0 Å². The summed E-state index contributed by atoms with van der Waals surface area (Å²) in [5.41, 5.74) is 8.36. The monoisotopic (exact) mass is 251 g/mol. The molecule has 1 aromatic rings. The van der Waals surface area contributed by atoms with E-state index in [4.69, 9.17) is 10.5 Å². The van der Waals surface area contributed by atoms with E-state index < -0.39 is 0 Å². The summed E-state index contributed by atoms with van der Waals surface area (Å²) in [6.45, 7) is 6.03. The number of pyridine rings is 1. The largest absolute Gasteiger partial charge is 0.385 e. The maximum Gasteiger partial charge on any atom is 0.128 e. The standard InChI is InChI=1S/C14H25N3O/c1-4-8-16-12(6-5-10-18-3)13-11(2)7-9-17-14(13)15/h7,9,12,16H,4-6,8,10H2,1-3H3,(H2,15,17). The number of nitrogens with two attached hydrogens (primary N) is 1. The molecule has 0 aliphatic heterocycles. The van der Waals surface area contributed by atoms with Crippen LogP contribution in [0.4, 0.5) is 5.82 Å². The van der Waals surface area contributed by atoms with Crippen molar-refractivity contribution in [3.8, 4) is 0 Å². The summed E-state index contributed by atoms with van der Waals surface area (Å²) in [5, 5.41) is 3.55. The Hall–Kier alpha value is -1.13. The van der Waals surface area contributed by atoms with Crippen LogP contribution < -0.4 is 11.1 Å². The van der Waals surface area contributed by atoms with Gasteiger partial charge in [0.25, 0.3) is 0 Å². The quantitative estimate of drug-likeness (QED) is 0.697. The lowest BCUT2D eigenvalue weighted by Crippen LogP contribution is -2.24. The van der Waals surface area contributed by atoms with Crippen molar-refractivity contribution in [1.82, 2.24) is 10.3 Å². The highest BCUT2D eigenvalue weighted by Crippen LogP contribution is 2.26. The van der Waals surface area contributed by atoms with E-state index in [9.17, 15) is 0 Å². The number of nitrogens with one attached hydrogen (secondary N) is 1. The Morgan fingerprint density at radius 1 is 1.50 bits per heavy atom. The molecule has 4 nitrogen and oxygen atoms in total. The number of methoxy groups -OCH3 is 1. The molecule has 0 aromatic carbocycles. The number of hydrogen-bond acceptors (Lipinski definition) is 4. The molecule has 0 amide bonds. The topological polar surface area (TPSA) is 60.2 Å². The zero-order valence-corrected chi connectivity index (χ0v) is 11.7. The highest BCUT2D eigenvalue weighted by atomic mass is 16.5. The molecule has 0 saturated carbocycles. The normalized spacial score (nSPS) is 12.6. The number of nitrogens with zero attached hydrogens (tertiary/aromatic N) is 1. The SMILES string of the molecule is CCCNC(CCCOC)c1c(C)ccnc1N. The van der Waals surface area contributed by atoms with Gasteiger partial charge in [-0.1, -0.05) is 6.92 Å². The van der Waals surface area contributed by atoms with Gasteiger partial charge in [0.05, 0.1) is 0 Å². The molecule has 0 saturated heterocycles. The van der Waals surface area contributed by atoms with Gasteiger partial charge in [-0.25, -0.2) is 4.98 Å². The maximum atomic E-state index is 6.02. The van der Waals surface area contributed by atoms with Crippen LogP contribution >= 0.6 is 0 Å². The van der Waals surface area contributed by atoms with Gasteiger partial charge >= 0.3 is 0 Å². The second-order valence-corrected chi connectivity index (χ2v) is 4.57. The van der Waals surface area contributed by atoms with Crippen molar-refractivity contribution in [2.24, 2.45) is 0 Å². The summed E-state index contributed by atoms with van der Waals surface area (Å²) in [6, 6.07) is 2.29. The summed E-state index contributed by atoms with van der Waals surface area (Å²) in [5.74, 6) is 0.640. The van der Waals surface area contributed by atoms with E-state index >= 15 is 0 Å². The lowest BCUT2D eigenvalue weighted by molar-refractivity contribution is 0.188. The first kappa shape index (κ1) is 14.9. The molecule has 0 radical (unpaired) electrons. The van der Waals surface area contributed by atoms with Gasteiger partial charge in [-0.15, -0.1) is 0 Å². The van der Waals surface area contributed by atoms with E-state index in [-0.39, 0.29) is 6.04 Å². The second kappa shape index (κ2) is 8.06. The third-order valence-corrected chi connectivity index (χ3v) is 3.07. The molecule has 0 bridgehead atoms. The van der Waals surface area contributed by atoms with E-state index in [1.165, 1.54) is 5.56 Å². The number of anilines is 1. The van der Waals surface area contributed by atoms with E-state index in [2.05, 4.69) is 24.1 Å². The zero-order chi connectivity index (χ0) is 13.4. The molecule has 0 fully saturated rings. The lowest BCUT2D eigenvalue weighted by atomic mass is 9.98. The van der Waals surface area contributed by atoms with E-state index in [1.807, 2.05) is 6.07 Å². The van der Waals surface area contributed by atoms with E-state index in [1.54, 1.807) is 13.3 Å². The molecular weight excluding hydrogens is 226 g/mol. The predicted octanol–water partition coefficient (Wildman–Crippen LogP) is 2.44. The summed E-state index contributed by atoms with van der Waals surface area (Å²) in [6.07, 6.45) is 4.91. The molecule has 1 aromatic heterocycles. The number of aryl methyl sites for hydroxylation is 1. The van der Waals surface area contributed by atoms with Gasteiger partial charge in [-0.3, -0.25) is 0 Å². The minimum absolute atomic E-state index is 0.272. The fourth-order valence-electron chi connectivity index (χ4n) is 2.14. The van der Waals surface area contributed by atoms with Gasteiger partial charge in [-0.2, -0.15) is 0 Å². The minimum Gasteiger partial charge on any atom is -0.385 e. The van der Waals surface area contributed by atoms with E-state index in [0.29, 0.717) is 5.82 Å². The van der Waals surface area contributed by atoms with Crippen LogP contribution in [0, 0.1) is 6.92 Å². The molecule has 0 aliphatic rings. The van der Waals surface area contributed by atoms with Gasteiger partial charge in [0.15, 0.2) is 0 Å². The highest BCUT2D eigenvalue weighted by Gasteiger charge is 2.16. The van der Waals surface area contributed by atoms with Gasteiger partial charge in [-0.05, 0) is 44.4 Å². The van der Waals surface area contributed by atoms with Crippen LogP contribution in [0.3, 0.4) is 0 Å². The van der Waals surface area contributed by atoms with Crippen molar-refractivity contribution < 1.29 is 4.74 Å². The second-order valence-electron chi connectivity index (χ2n) is 4.57. The van der Waals surface area contributed by atoms with Gasteiger partial charge in [0, 0.05) is 31.5 Å². The Labute approximate surface area is 110 Å². The van der Waals surface area contributed by atoms with Crippen molar-refractivity contribution in [1.29, 1.82) is 0 Å². The third kappa shape index (κ3) is 4.27. The average Bonchev–Trinajstić information content (AvgIpc) is 2.35. The first-order valence-electron chi connectivity index (χ1n) is 6.64. The molecule has 1 rings (SSSR count). The van der Waals surface area contributed by atoms with Crippen LogP contribution in [0.1, 0.15) is 43.4 Å². The molecule has 1 atom stereocenters. The number of aromatic nitrogens is 1. The lowest BCUT2D eigenvalue weighted by Gasteiger charge is -2.21. The number of nitrogen functional groups attached to an aromatic ring is 1.